The second kappa shape index (κ2) is 20.8. The number of nitrogens with one attached hydrogen (secondary N) is 2. The van der Waals surface area contributed by atoms with Gasteiger partial charge >= 0.3 is 5.97 Å². The van der Waals surface area contributed by atoms with Crippen LogP contribution in [0, 0.1) is 0 Å². The number of methoxy groups -OCH3 is 1. The summed E-state index contributed by atoms with van der Waals surface area (Å²) in [5.74, 6) is -1.40. The third-order valence-electron chi connectivity index (χ3n) is 12.7. The number of hydrogen-bond acceptors (Lipinski definition) is 13. The average molecular weight is 916 g/mol. The van der Waals surface area contributed by atoms with E-state index in [4.69, 9.17) is 23.0 Å². The first-order valence-electron chi connectivity index (χ1n) is 20.6. The van der Waals surface area contributed by atoms with Crippen molar-refractivity contribution in [2.45, 2.75) is 192 Å². The molecule has 2 amide bonds. The Bertz CT molecular complexity index is 1680. The molecule has 1 aromatic rings. The number of nitrogens with zero attached hydrogens (tertiary/aromatic N) is 5. The zero-order valence-corrected chi connectivity index (χ0v) is 43.4. The molecule has 2 heterocycles. The van der Waals surface area contributed by atoms with Crippen molar-refractivity contribution in [3.63, 3.8) is 0 Å². The summed E-state index contributed by atoms with van der Waals surface area (Å²) < 4.78 is 24.9. The molecule has 20 heteroatoms. The molecule has 3 N–H and O–H groups in total. The number of aromatic nitrogens is 1. The molecule has 1 aliphatic rings. The lowest BCUT2D eigenvalue weighted by molar-refractivity contribution is -0.127. The molecule has 15 nitrogen and oxygen atoms in total. The molecule has 1 aliphatic heterocycles. The van der Waals surface area contributed by atoms with E-state index in [0.29, 0.717) is 10.1 Å². The van der Waals surface area contributed by atoms with Gasteiger partial charge in [0.25, 0.3) is 0 Å². The fraction of sp³-hybridized carbons (Fsp3) is 0.821. The number of carbonyl (C=O) groups is 3. The molecule has 336 valence electrons. The van der Waals surface area contributed by atoms with Gasteiger partial charge in [0.15, 0.2) is 30.6 Å². The Kier molecular flexibility index (Phi) is 18.7. The van der Waals surface area contributed by atoms with Gasteiger partial charge in [0.1, 0.15) is 34.8 Å². The van der Waals surface area contributed by atoms with E-state index in [1.165, 1.54) is 24.3 Å². The predicted octanol–water partition coefficient (Wildman–Crippen LogP) is 8.75. The SMILES string of the molecule is CC[Si](CC)(CC)O[C@H](C)[C@H](NC(=O)[C@@H](N=[N+]=[N-])[C@@H](C)O[Si](C)(C)C(C)(C)C)C1=N[C@@H](C(=O)N[C@H](c2nc(C(=O)OC)cs2)[C@](C)(O)[C@@H](C)O[Si](C)(C)C(C)(C)C)CS1. The van der Waals surface area contributed by atoms with Gasteiger partial charge in [0.2, 0.25) is 11.8 Å². The number of thiazole rings is 1. The fourth-order valence-corrected chi connectivity index (χ4v) is 14.2. The van der Waals surface area contributed by atoms with Gasteiger partial charge < -0.3 is 33.8 Å². The zero-order chi connectivity index (χ0) is 45.5. The number of ether oxygens (including phenoxy) is 1. The molecule has 0 saturated heterocycles. The van der Waals surface area contributed by atoms with Crippen LogP contribution in [0.2, 0.25) is 54.4 Å². The molecule has 0 bridgehead atoms. The lowest BCUT2D eigenvalue weighted by atomic mass is 9.91. The van der Waals surface area contributed by atoms with Gasteiger partial charge in [-0.2, -0.15) is 0 Å². The molecule has 0 spiro atoms. The van der Waals surface area contributed by atoms with Crippen LogP contribution in [-0.2, 0) is 27.6 Å². The highest BCUT2D eigenvalue weighted by Crippen LogP contribution is 2.41. The number of rotatable bonds is 21. The Morgan fingerprint density at radius 3 is 1.97 bits per heavy atom. The average Bonchev–Trinajstić information content (AvgIpc) is 3.83. The summed E-state index contributed by atoms with van der Waals surface area (Å²) in [4.78, 5) is 53.3. The minimum atomic E-state index is -2.39. The first-order chi connectivity index (χ1) is 27.0. The second-order valence-corrected chi connectivity index (χ2v) is 35.0. The summed E-state index contributed by atoms with van der Waals surface area (Å²) in [6.07, 6.45) is -1.99. The van der Waals surface area contributed by atoms with E-state index in [2.05, 4.69) is 114 Å². The normalized spacial score (nSPS) is 19.6. The molecule has 0 fully saturated rings. The highest BCUT2D eigenvalue weighted by molar-refractivity contribution is 8.14. The molecule has 0 aliphatic carbocycles. The van der Waals surface area contributed by atoms with Crippen LogP contribution in [0.25, 0.3) is 10.4 Å². The maximum Gasteiger partial charge on any atom is 0.357 e. The third kappa shape index (κ3) is 13.2. The van der Waals surface area contributed by atoms with Crippen molar-refractivity contribution in [2.75, 3.05) is 12.9 Å². The molecule has 0 saturated carbocycles. The van der Waals surface area contributed by atoms with Crippen LogP contribution < -0.4 is 10.6 Å². The summed E-state index contributed by atoms with van der Waals surface area (Å²) in [6, 6.07) is -1.30. The smallest absolute Gasteiger partial charge is 0.357 e. The number of azide groups is 1. The summed E-state index contributed by atoms with van der Waals surface area (Å²) in [7, 11) is -5.68. The van der Waals surface area contributed by atoms with Crippen molar-refractivity contribution in [2.24, 2.45) is 10.1 Å². The van der Waals surface area contributed by atoms with Gasteiger partial charge in [0.05, 0.1) is 30.5 Å². The summed E-state index contributed by atoms with van der Waals surface area (Å²) in [5.41, 5.74) is 7.94. The lowest BCUT2D eigenvalue weighted by Crippen LogP contribution is -2.56. The van der Waals surface area contributed by atoms with E-state index in [-0.39, 0.29) is 21.5 Å². The first-order valence-corrected chi connectivity index (χ1v) is 30.8. The Morgan fingerprint density at radius 2 is 1.47 bits per heavy atom. The van der Waals surface area contributed by atoms with Gasteiger partial charge in [-0.05, 0) is 87.6 Å². The maximum absolute atomic E-state index is 14.3. The topological polar surface area (TPSA) is 206 Å². The largest absolute Gasteiger partial charge is 0.464 e. The fourth-order valence-electron chi connectivity index (χ4n) is 6.19. The molecular formula is C39H73N7O8S2Si3. The van der Waals surface area contributed by atoms with Crippen LogP contribution >= 0.6 is 23.1 Å². The molecule has 0 radical (unpaired) electrons. The van der Waals surface area contributed by atoms with E-state index in [1.807, 2.05) is 6.92 Å². The Hall–Kier alpha value is -2.14. The predicted molar refractivity (Wildman–Crippen MR) is 247 cm³/mol. The van der Waals surface area contributed by atoms with Gasteiger partial charge in [0, 0.05) is 16.0 Å². The van der Waals surface area contributed by atoms with Crippen molar-refractivity contribution in [1.82, 2.24) is 15.6 Å². The minimum absolute atomic E-state index is 0.0544. The number of esters is 1. The third-order valence-corrected chi connectivity index (χ3v) is 28.6. The van der Waals surface area contributed by atoms with E-state index in [0.717, 1.165) is 29.5 Å². The van der Waals surface area contributed by atoms with Gasteiger partial charge in [-0.1, -0.05) is 67.4 Å². The van der Waals surface area contributed by atoms with Crippen LogP contribution in [-0.4, -0.2) is 113 Å². The lowest BCUT2D eigenvalue weighted by Gasteiger charge is -2.44. The molecule has 1 aromatic heterocycles. The van der Waals surface area contributed by atoms with Crippen LogP contribution in [0.3, 0.4) is 0 Å². The van der Waals surface area contributed by atoms with Crippen molar-refractivity contribution in [3.8, 4) is 0 Å². The van der Waals surface area contributed by atoms with E-state index in [9.17, 15) is 25.0 Å². The highest BCUT2D eigenvalue weighted by atomic mass is 32.2. The number of amides is 2. The molecular weight excluding hydrogens is 843 g/mol. The second-order valence-electron chi connectivity index (χ2n) is 18.8. The Labute approximate surface area is 364 Å². The van der Waals surface area contributed by atoms with E-state index in [1.54, 1.807) is 20.8 Å². The summed E-state index contributed by atoms with van der Waals surface area (Å²) >= 11 is 2.46. The molecule has 59 heavy (non-hydrogen) atoms. The molecule has 2 rings (SSSR count). The zero-order valence-electron chi connectivity index (χ0n) is 38.8. The summed E-state index contributed by atoms with van der Waals surface area (Å²) in [5, 5.41) is 24.3. The van der Waals surface area contributed by atoms with Crippen molar-refractivity contribution >= 4 is 70.9 Å². The first kappa shape index (κ1) is 53.0. The van der Waals surface area contributed by atoms with Crippen LogP contribution in [0.4, 0.5) is 0 Å². The van der Waals surface area contributed by atoms with Gasteiger partial charge in [-0.15, -0.1) is 23.1 Å². The van der Waals surface area contributed by atoms with Crippen molar-refractivity contribution in [1.29, 1.82) is 0 Å². The van der Waals surface area contributed by atoms with Gasteiger partial charge in [-0.25, -0.2) is 9.78 Å². The van der Waals surface area contributed by atoms with E-state index < -0.39 is 90.8 Å². The number of carbonyl (C=O) groups excluding carboxylic acids is 3. The van der Waals surface area contributed by atoms with E-state index >= 15 is 0 Å². The number of aliphatic imine (C=N–C) groups is 1. The van der Waals surface area contributed by atoms with Crippen LogP contribution in [0.5, 0.6) is 0 Å². The number of hydrogen-bond donors (Lipinski definition) is 3. The number of thioether (sulfide) groups is 1. The Balaban J connectivity index is 2.60. The Morgan fingerprint density at radius 1 is 0.932 bits per heavy atom. The van der Waals surface area contributed by atoms with Crippen molar-refractivity contribution < 1.29 is 37.5 Å². The molecule has 8 atom stereocenters. The summed E-state index contributed by atoms with van der Waals surface area (Å²) in [6.45, 7) is 34.3. The van der Waals surface area contributed by atoms with Crippen LogP contribution in [0.1, 0.15) is 112 Å². The molecule has 0 aromatic carbocycles. The standard InChI is InChI=1S/C39H73N7O8S2Si3/c1-19-59(20-2,21-3)53-25(5)30(43-33(48)29(45-46-40)24(4)52-57(15,16)37(7,8)9)34-41-27(22-55-34)32(47)44-31(35-42-28(23-56-35)36(49)51-14)39(13,50)26(6)54-58(17,18)38(10,11)12/h23-27,29-31,50H,19-22H2,1-18H3,(H,43,48)(H,44,47)/t24-,25-,26-,27-,29+,30+,31-,39-/m1/s1. The van der Waals surface area contributed by atoms with Gasteiger partial charge in [-0.3, -0.25) is 14.6 Å². The monoisotopic (exact) mass is 915 g/mol. The van der Waals surface area contributed by atoms with Crippen LogP contribution in [0.15, 0.2) is 15.5 Å². The quantitative estimate of drug-likeness (QED) is 0.0351. The molecule has 0 unspecified atom stereocenters. The number of aliphatic hydroxyl groups is 1. The highest BCUT2D eigenvalue weighted by Gasteiger charge is 2.48. The van der Waals surface area contributed by atoms with Crippen molar-refractivity contribution in [3.05, 3.63) is 26.5 Å². The maximum atomic E-state index is 14.3. The minimum Gasteiger partial charge on any atom is -0.464 e.